The number of piperidine rings is 1. The van der Waals surface area contributed by atoms with E-state index in [1.165, 1.54) is 7.11 Å². The van der Waals surface area contributed by atoms with Crippen molar-refractivity contribution in [1.82, 2.24) is 4.90 Å². The molecule has 0 aromatic carbocycles. The van der Waals surface area contributed by atoms with E-state index >= 15 is 0 Å². The van der Waals surface area contributed by atoms with Gasteiger partial charge in [0, 0.05) is 6.54 Å². The van der Waals surface area contributed by atoms with Gasteiger partial charge >= 0.3 is 12.1 Å². The van der Waals surface area contributed by atoms with Gasteiger partial charge in [-0.05, 0) is 47.0 Å². The monoisotopic (exact) mass is 301 g/mol. The van der Waals surface area contributed by atoms with Crippen molar-refractivity contribution in [3.05, 3.63) is 0 Å². The Labute approximate surface area is 126 Å². The maximum atomic E-state index is 12.2. The van der Waals surface area contributed by atoms with Gasteiger partial charge in [-0.1, -0.05) is 0 Å². The van der Waals surface area contributed by atoms with Gasteiger partial charge in [-0.3, -0.25) is 0 Å². The molecular formula is C15H27NO5. The molecule has 0 aromatic rings. The Morgan fingerprint density at radius 3 is 2.52 bits per heavy atom. The van der Waals surface area contributed by atoms with Gasteiger partial charge in [0.1, 0.15) is 5.60 Å². The van der Waals surface area contributed by atoms with Crippen LogP contribution in [0.3, 0.4) is 0 Å². The van der Waals surface area contributed by atoms with Gasteiger partial charge in [-0.25, -0.2) is 9.59 Å². The van der Waals surface area contributed by atoms with E-state index < -0.39 is 17.7 Å². The zero-order valence-electron chi connectivity index (χ0n) is 13.7. The minimum atomic E-state index is -0.627. The van der Waals surface area contributed by atoms with Crippen LogP contribution in [0.4, 0.5) is 4.79 Å². The van der Waals surface area contributed by atoms with Crippen LogP contribution < -0.4 is 0 Å². The van der Waals surface area contributed by atoms with Crippen LogP contribution in [0, 0.1) is 0 Å². The second-order valence-electron chi connectivity index (χ2n) is 6.32. The zero-order chi connectivity index (χ0) is 16.0. The first-order chi connectivity index (χ1) is 9.74. The molecule has 1 aliphatic rings. The lowest BCUT2D eigenvalue weighted by Crippen LogP contribution is -2.48. The maximum Gasteiger partial charge on any atom is 0.410 e. The average Bonchev–Trinajstić information content (AvgIpc) is 2.42. The fraction of sp³-hybridized carbons (Fsp3) is 0.867. The third-order valence-electron chi connectivity index (χ3n) is 3.33. The Morgan fingerprint density at radius 1 is 1.29 bits per heavy atom. The van der Waals surface area contributed by atoms with Crippen LogP contribution in [0.5, 0.6) is 0 Å². The largest absolute Gasteiger partial charge is 0.467 e. The van der Waals surface area contributed by atoms with E-state index in [0.29, 0.717) is 13.2 Å². The highest BCUT2D eigenvalue weighted by Gasteiger charge is 2.31. The lowest BCUT2D eigenvalue weighted by Gasteiger charge is -2.36. The van der Waals surface area contributed by atoms with Crippen molar-refractivity contribution >= 4 is 12.1 Å². The van der Waals surface area contributed by atoms with Crippen LogP contribution >= 0.6 is 0 Å². The number of methoxy groups -OCH3 is 1. The van der Waals surface area contributed by atoms with Gasteiger partial charge in [-0.15, -0.1) is 0 Å². The van der Waals surface area contributed by atoms with Crippen molar-refractivity contribution in [2.24, 2.45) is 0 Å². The molecule has 0 radical (unpaired) electrons. The molecule has 2 unspecified atom stereocenters. The predicted molar refractivity (Wildman–Crippen MR) is 78.0 cm³/mol. The number of ether oxygens (including phenoxy) is 3. The normalized spacial score (nSPS) is 20.8. The van der Waals surface area contributed by atoms with Crippen molar-refractivity contribution in [2.45, 2.75) is 64.7 Å². The van der Waals surface area contributed by atoms with Crippen molar-refractivity contribution in [1.29, 1.82) is 0 Å². The van der Waals surface area contributed by atoms with Crippen LogP contribution in [-0.4, -0.2) is 55.0 Å². The Balaban J connectivity index is 2.57. The molecule has 1 fully saturated rings. The fourth-order valence-electron chi connectivity index (χ4n) is 2.22. The van der Waals surface area contributed by atoms with Crippen LogP contribution in [0.25, 0.3) is 0 Å². The van der Waals surface area contributed by atoms with Crippen molar-refractivity contribution in [3.8, 4) is 0 Å². The Morgan fingerprint density at radius 2 is 1.95 bits per heavy atom. The maximum absolute atomic E-state index is 12.2. The van der Waals surface area contributed by atoms with Crippen LogP contribution in [0.15, 0.2) is 0 Å². The number of hydrogen-bond donors (Lipinski definition) is 0. The van der Waals surface area contributed by atoms with Crippen molar-refractivity contribution < 1.29 is 23.8 Å². The number of likely N-dealkylation sites (tertiary alicyclic amines) is 1. The highest BCUT2D eigenvalue weighted by Crippen LogP contribution is 2.21. The number of nitrogens with zero attached hydrogens (tertiary/aromatic N) is 1. The number of rotatable bonds is 4. The first-order valence-electron chi connectivity index (χ1n) is 7.43. The van der Waals surface area contributed by atoms with E-state index in [0.717, 1.165) is 19.3 Å². The predicted octanol–water partition coefficient (Wildman–Crippen LogP) is 2.35. The Hall–Kier alpha value is -1.30. The SMILES string of the molecule is COC(=O)C(C)OCC1CCCCN1C(=O)OC(C)(C)C. The first-order valence-corrected chi connectivity index (χ1v) is 7.43. The summed E-state index contributed by atoms with van der Waals surface area (Å²) < 4.78 is 15.6. The number of amides is 1. The van der Waals surface area contributed by atoms with Gasteiger partial charge in [-0.2, -0.15) is 0 Å². The standard InChI is InChI=1S/C15H27NO5/c1-11(13(17)19-5)20-10-12-8-6-7-9-16(12)14(18)21-15(2,3)4/h11-12H,6-10H2,1-5H3. The topological polar surface area (TPSA) is 65.1 Å². The first kappa shape index (κ1) is 17.8. The summed E-state index contributed by atoms with van der Waals surface area (Å²) in [4.78, 5) is 25.3. The number of carbonyl (C=O) groups is 2. The smallest absolute Gasteiger partial charge is 0.410 e. The van der Waals surface area contributed by atoms with Gasteiger partial charge in [0.2, 0.25) is 0 Å². The van der Waals surface area contributed by atoms with Gasteiger partial charge < -0.3 is 19.1 Å². The molecule has 6 heteroatoms. The molecule has 2 atom stereocenters. The molecule has 0 saturated carbocycles. The third kappa shape index (κ3) is 5.91. The van der Waals surface area contributed by atoms with Gasteiger partial charge in [0.15, 0.2) is 6.10 Å². The second-order valence-corrected chi connectivity index (χ2v) is 6.32. The minimum Gasteiger partial charge on any atom is -0.467 e. The van der Waals surface area contributed by atoms with E-state index in [9.17, 15) is 9.59 Å². The van der Waals surface area contributed by atoms with E-state index in [1.807, 2.05) is 20.8 Å². The number of hydrogen-bond acceptors (Lipinski definition) is 5. The minimum absolute atomic E-state index is 0.0549. The van der Waals surface area contributed by atoms with Crippen molar-refractivity contribution in [2.75, 3.05) is 20.3 Å². The summed E-state index contributed by atoms with van der Waals surface area (Å²) >= 11 is 0. The zero-order valence-corrected chi connectivity index (χ0v) is 13.7. The number of carbonyl (C=O) groups excluding carboxylic acids is 2. The summed E-state index contributed by atoms with van der Waals surface area (Å²) in [7, 11) is 1.33. The summed E-state index contributed by atoms with van der Waals surface area (Å²) in [5.74, 6) is -0.408. The molecule has 1 amide bonds. The molecule has 0 aromatic heterocycles. The number of esters is 1. The van der Waals surface area contributed by atoms with Crippen LogP contribution in [-0.2, 0) is 19.0 Å². The Kier molecular flexibility index (Phi) is 6.45. The molecule has 6 nitrogen and oxygen atoms in total. The summed E-state index contributed by atoms with van der Waals surface area (Å²) in [6, 6.07) is -0.0549. The van der Waals surface area contributed by atoms with E-state index in [1.54, 1.807) is 11.8 Å². The molecule has 0 bridgehead atoms. The second kappa shape index (κ2) is 7.64. The summed E-state index contributed by atoms with van der Waals surface area (Å²) in [6.07, 6.45) is 1.91. The average molecular weight is 301 g/mol. The lowest BCUT2D eigenvalue weighted by molar-refractivity contribution is -0.154. The third-order valence-corrected chi connectivity index (χ3v) is 3.33. The molecule has 1 saturated heterocycles. The Bertz CT molecular complexity index is 364. The molecule has 21 heavy (non-hydrogen) atoms. The molecule has 1 aliphatic heterocycles. The molecular weight excluding hydrogens is 274 g/mol. The van der Waals surface area contributed by atoms with Crippen LogP contribution in [0.1, 0.15) is 47.0 Å². The van der Waals surface area contributed by atoms with Crippen molar-refractivity contribution in [3.63, 3.8) is 0 Å². The molecule has 0 N–H and O–H groups in total. The summed E-state index contributed by atoms with van der Waals surface area (Å²) in [6.45, 7) is 8.16. The van der Waals surface area contributed by atoms with E-state index in [-0.39, 0.29) is 12.1 Å². The summed E-state index contributed by atoms with van der Waals surface area (Å²) in [5.41, 5.74) is -0.515. The molecule has 0 aliphatic carbocycles. The highest BCUT2D eigenvalue weighted by molar-refractivity contribution is 5.74. The molecule has 122 valence electrons. The summed E-state index contributed by atoms with van der Waals surface area (Å²) in [5, 5.41) is 0. The molecule has 1 rings (SSSR count). The quantitative estimate of drug-likeness (QED) is 0.746. The van der Waals surface area contributed by atoms with Gasteiger partial charge in [0.05, 0.1) is 19.8 Å². The van der Waals surface area contributed by atoms with E-state index in [4.69, 9.17) is 9.47 Å². The molecule has 1 heterocycles. The van der Waals surface area contributed by atoms with E-state index in [2.05, 4.69) is 4.74 Å². The van der Waals surface area contributed by atoms with Crippen LogP contribution in [0.2, 0.25) is 0 Å². The lowest BCUT2D eigenvalue weighted by atomic mass is 10.0. The fourth-order valence-corrected chi connectivity index (χ4v) is 2.22. The molecule has 0 spiro atoms. The van der Waals surface area contributed by atoms with Gasteiger partial charge in [0.25, 0.3) is 0 Å². The highest BCUT2D eigenvalue weighted by atomic mass is 16.6.